The second-order valence-corrected chi connectivity index (χ2v) is 5.52. The number of carbonyl (C=O) groups excluding carboxylic acids is 2. The topological polar surface area (TPSA) is 69.4 Å². The first-order chi connectivity index (χ1) is 9.16. The summed E-state index contributed by atoms with van der Waals surface area (Å²) in [7, 11) is 0. The van der Waals surface area contributed by atoms with Crippen LogP contribution in [0.5, 0.6) is 0 Å². The van der Waals surface area contributed by atoms with Crippen LogP contribution in [0, 0.1) is 0 Å². The van der Waals surface area contributed by atoms with Crippen molar-refractivity contribution in [2.45, 2.75) is 0 Å². The highest BCUT2D eigenvalue weighted by Crippen LogP contribution is 2.25. The van der Waals surface area contributed by atoms with Gasteiger partial charge >= 0.3 is 5.97 Å². The van der Waals surface area contributed by atoms with Crippen LogP contribution in [0.4, 0.5) is 0 Å². The van der Waals surface area contributed by atoms with E-state index >= 15 is 0 Å². The molecule has 0 spiro atoms. The second-order valence-electron chi connectivity index (χ2n) is 3.59. The molecule has 19 heavy (non-hydrogen) atoms. The lowest BCUT2D eigenvalue weighted by atomic mass is 10.2. The minimum Gasteiger partial charge on any atom is -0.452 e. The number of primary amides is 1. The third kappa shape index (κ3) is 3.77. The summed E-state index contributed by atoms with van der Waals surface area (Å²) in [6.45, 7) is -0.411. The van der Waals surface area contributed by atoms with Crippen molar-refractivity contribution in [2.75, 3.05) is 6.61 Å². The highest BCUT2D eigenvalue weighted by Gasteiger charge is 2.15. The number of ether oxygens (including phenoxy) is 1. The predicted molar refractivity (Wildman–Crippen MR) is 76.7 cm³/mol. The molecule has 0 aliphatic rings. The molecule has 0 atom stereocenters. The molecule has 2 rings (SSSR count). The highest BCUT2D eigenvalue weighted by atomic mass is 32.1. The zero-order valence-electron chi connectivity index (χ0n) is 9.87. The summed E-state index contributed by atoms with van der Waals surface area (Å²) in [5.74, 6) is -1.22. The number of amides is 1. The molecule has 0 bridgehead atoms. The van der Waals surface area contributed by atoms with Crippen LogP contribution >= 0.6 is 22.7 Å². The van der Waals surface area contributed by atoms with E-state index in [-0.39, 0.29) is 0 Å². The van der Waals surface area contributed by atoms with Crippen LogP contribution < -0.4 is 5.73 Å². The van der Waals surface area contributed by atoms with Crippen molar-refractivity contribution in [1.29, 1.82) is 0 Å². The molecule has 0 aromatic carbocycles. The van der Waals surface area contributed by atoms with Crippen LogP contribution in [-0.4, -0.2) is 18.5 Å². The van der Waals surface area contributed by atoms with Crippen molar-refractivity contribution >= 4 is 46.2 Å². The van der Waals surface area contributed by atoms with Crippen LogP contribution in [0.1, 0.15) is 9.75 Å². The number of hydrogen-bond donors (Lipinski definition) is 1. The fourth-order valence-corrected chi connectivity index (χ4v) is 2.78. The Kier molecular flexibility index (Phi) is 4.48. The third-order valence-corrected chi connectivity index (χ3v) is 3.90. The summed E-state index contributed by atoms with van der Waals surface area (Å²) in [5.41, 5.74) is 5.39. The molecule has 98 valence electrons. The van der Waals surface area contributed by atoms with Gasteiger partial charge in [-0.3, -0.25) is 4.79 Å². The number of nitrogens with two attached hydrogens (primary N) is 1. The van der Waals surface area contributed by atoms with E-state index in [1.54, 1.807) is 6.08 Å². The van der Waals surface area contributed by atoms with Crippen LogP contribution in [0.15, 0.2) is 35.0 Å². The zero-order chi connectivity index (χ0) is 13.7. The van der Waals surface area contributed by atoms with Gasteiger partial charge in [-0.15, -0.1) is 22.7 Å². The van der Waals surface area contributed by atoms with E-state index in [1.165, 1.54) is 22.7 Å². The Hall–Kier alpha value is -1.92. The van der Waals surface area contributed by atoms with Crippen molar-refractivity contribution in [3.05, 3.63) is 44.8 Å². The highest BCUT2D eigenvalue weighted by molar-refractivity contribution is 7.12. The number of esters is 1. The average Bonchev–Trinajstić information content (AvgIpc) is 3.05. The van der Waals surface area contributed by atoms with Gasteiger partial charge in [0.05, 0.1) is 5.57 Å². The molecule has 0 aliphatic carbocycles. The lowest BCUT2D eigenvalue weighted by Gasteiger charge is -2.05. The van der Waals surface area contributed by atoms with E-state index in [9.17, 15) is 9.59 Å². The van der Waals surface area contributed by atoms with Gasteiger partial charge in [0.2, 0.25) is 0 Å². The minimum atomic E-state index is -0.671. The maximum absolute atomic E-state index is 12.0. The molecule has 0 saturated heterocycles. The largest absolute Gasteiger partial charge is 0.452 e. The fourth-order valence-electron chi connectivity index (χ4n) is 1.39. The first-order valence-electron chi connectivity index (χ1n) is 5.41. The van der Waals surface area contributed by atoms with E-state index in [0.717, 1.165) is 9.75 Å². The predicted octanol–water partition coefficient (Wildman–Crippen LogP) is 2.38. The Morgan fingerprint density at radius 1 is 1.21 bits per heavy atom. The number of rotatable bonds is 5. The molecule has 2 aromatic heterocycles. The SMILES string of the molecule is NC(=O)COC(=O)C(=Cc1cccs1)c1cccs1. The van der Waals surface area contributed by atoms with Gasteiger partial charge in [0.25, 0.3) is 5.91 Å². The van der Waals surface area contributed by atoms with Crippen molar-refractivity contribution in [2.24, 2.45) is 5.73 Å². The van der Waals surface area contributed by atoms with Gasteiger partial charge in [0.15, 0.2) is 6.61 Å². The van der Waals surface area contributed by atoms with Crippen LogP contribution in [0.2, 0.25) is 0 Å². The molecule has 0 aliphatic heterocycles. The molecule has 2 aromatic rings. The van der Waals surface area contributed by atoms with Gasteiger partial charge in [0, 0.05) is 9.75 Å². The van der Waals surface area contributed by atoms with Gasteiger partial charge in [-0.1, -0.05) is 12.1 Å². The lowest BCUT2D eigenvalue weighted by molar-refractivity contribution is -0.141. The quantitative estimate of drug-likeness (QED) is 0.679. The number of hydrogen-bond acceptors (Lipinski definition) is 5. The molecule has 0 unspecified atom stereocenters. The van der Waals surface area contributed by atoms with Crippen molar-refractivity contribution in [3.8, 4) is 0 Å². The maximum atomic E-state index is 12.0. The molecule has 2 heterocycles. The van der Waals surface area contributed by atoms with E-state index in [0.29, 0.717) is 5.57 Å². The van der Waals surface area contributed by atoms with Crippen molar-refractivity contribution in [1.82, 2.24) is 0 Å². The minimum absolute atomic E-state index is 0.411. The molecule has 6 heteroatoms. The van der Waals surface area contributed by atoms with Gasteiger partial charge in [-0.2, -0.15) is 0 Å². The fraction of sp³-hybridized carbons (Fsp3) is 0.0769. The number of carbonyl (C=O) groups is 2. The monoisotopic (exact) mass is 293 g/mol. The van der Waals surface area contributed by atoms with Crippen LogP contribution in [-0.2, 0) is 14.3 Å². The lowest BCUT2D eigenvalue weighted by Crippen LogP contribution is -2.21. The molecule has 1 amide bonds. The smallest absolute Gasteiger partial charge is 0.340 e. The Morgan fingerprint density at radius 2 is 1.95 bits per heavy atom. The zero-order valence-corrected chi connectivity index (χ0v) is 11.5. The number of thiophene rings is 2. The summed E-state index contributed by atoms with van der Waals surface area (Å²) in [5, 5.41) is 3.80. The molecule has 0 saturated carbocycles. The van der Waals surface area contributed by atoms with Gasteiger partial charge < -0.3 is 10.5 Å². The van der Waals surface area contributed by atoms with Crippen molar-refractivity contribution in [3.63, 3.8) is 0 Å². The average molecular weight is 293 g/mol. The van der Waals surface area contributed by atoms with E-state index in [2.05, 4.69) is 0 Å². The first-order valence-corrected chi connectivity index (χ1v) is 7.17. The summed E-state index contributed by atoms with van der Waals surface area (Å²) >= 11 is 2.95. The first kappa shape index (κ1) is 13.5. The Labute approximate surface area is 118 Å². The summed E-state index contributed by atoms with van der Waals surface area (Å²) < 4.78 is 4.87. The summed E-state index contributed by atoms with van der Waals surface area (Å²) in [6.07, 6.45) is 1.75. The molecular weight excluding hydrogens is 282 g/mol. The van der Waals surface area contributed by atoms with E-state index in [1.807, 2.05) is 35.0 Å². The third-order valence-electron chi connectivity index (χ3n) is 2.18. The molecule has 0 fully saturated rings. The Morgan fingerprint density at radius 3 is 2.53 bits per heavy atom. The van der Waals surface area contributed by atoms with E-state index < -0.39 is 18.5 Å². The summed E-state index contributed by atoms with van der Waals surface area (Å²) in [6, 6.07) is 7.48. The van der Waals surface area contributed by atoms with Crippen LogP contribution in [0.25, 0.3) is 11.6 Å². The standard InChI is InChI=1S/C13H11NO3S2/c14-12(15)8-17-13(16)10(11-4-2-6-19-11)7-9-3-1-5-18-9/h1-7H,8H2,(H2,14,15). The van der Waals surface area contributed by atoms with Crippen molar-refractivity contribution < 1.29 is 14.3 Å². The molecule has 2 N–H and O–H groups in total. The van der Waals surface area contributed by atoms with Gasteiger partial charge in [-0.05, 0) is 29.0 Å². The normalized spacial score (nSPS) is 11.3. The van der Waals surface area contributed by atoms with Gasteiger partial charge in [-0.25, -0.2) is 4.79 Å². The van der Waals surface area contributed by atoms with Crippen LogP contribution in [0.3, 0.4) is 0 Å². The molecule has 4 nitrogen and oxygen atoms in total. The second kappa shape index (κ2) is 6.31. The maximum Gasteiger partial charge on any atom is 0.340 e. The van der Waals surface area contributed by atoms with E-state index in [4.69, 9.17) is 10.5 Å². The summed E-state index contributed by atoms with van der Waals surface area (Å²) in [4.78, 5) is 24.4. The van der Waals surface area contributed by atoms with Gasteiger partial charge in [0.1, 0.15) is 0 Å². The Bertz CT molecular complexity index is 585. The Balaban J connectivity index is 2.25. The molecule has 0 radical (unpaired) electrons. The molecular formula is C13H11NO3S2.